The van der Waals surface area contributed by atoms with Crippen LogP contribution in [0.5, 0.6) is 5.75 Å². The molecule has 0 N–H and O–H groups in total. The van der Waals surface area contributed by atoms with Crippen LogP contribution in [0, 0.1) is 5.92 Å². The molecule has 0 aromatic heterocycles. The van der Waals surface area contributed by atoms with Gasteiger partial charge in [-0.1, -0.05) is 42.5 Å². The number of benzene rings is 2. The summed E-state index contributed by atoms with van der Waals surface area (Å²) in [7, 11) is -3.41. The first kappa shape index (κ1) is 23.1. The van der Waals surface area contributed by atoms with Crippen molar-refractivity contribution in [1.29, 1.82) is 0 Å². The molecule has 3 rings (SSSR count). The molecule has 0 spiro atoms. The van der Waals surface area contributed by atoms with E-state index in [1.54, 1.807) is 29.2 Å². The number of nitrogens with zero attached hydrogens (tertiary/aromatic N) is 1. The van der Waals surface area contributed by atoms with E-state index in [0.717, 1.165) is 6.42 Å². The zero-order valence-corrected chi connectivity index (χ0v) is 19.4. The van der Waals surface area contributed by atoms with Crippen LogP contribution in [0.4, 0.5) is 4.79 Å². The molecule has 168 valence electrons. The van der Waals surface area contributed by atoms with Crippen LogP contribution >= 0.6 is 0 Å². The van der Waals surface area contributed by atoms with Gasteiger partial charge >= 0.3 is 6.09 Å². The third kappa shape index (κ3) is 6.23. The highest BCUT2D eigenvalue weighted by Crippen LogP contribution is 2.35. The zero-order valence-electron chi connectivity index (χ0n) is 18.6. The summed E-state index contributed by atoms with van der Waals surface area (Å²) >= 11 is 0. The molecule has 1 heterocycles. The highest BCUT2D eigenvalue weighted by atomic mass is 32.2. The summed E-state index contributed by atoms with van der Waals surface area (Å²) in [5.74, 6) is 0.535. The zero-order chi connectivity index (χ0) is 22.6. The van der Waals surface area contributed by atoms with Gasteiger partial charge in [0.1, 0.15) is 16.2 Å². The number of carbonyl (C=O) groups excluding carboxylic acids is 1. The van der Waals surface area contributed by atoms with Crippen LogP contribution in [-0.2, 0) is 14.6 Å². The molecule has 0 saturated carbocycles. The molecule has 0 radical (unpaired) electrons. The van der Waals surface area contributed by atoms with Gasteiger partial charge in [-0.05, 0) is 50.8 Å². The van der Waals surface area contributed by atoms with Crippen LogP contribution < -0.4 is 4.74 Å². The van der Waals surface area contributed by atoms with Crippen molar-refractivity contribution in [1.82, 2.24) is 4.90 Å². The average Bonchev–Trinajstić information content (AvgIpc) is 2.71. The topological polar surface area (TPSA) is 72.9 Å². The molecule has 1 fully saturated rings. The van der Waals surface area contributed by atoms with E-state index in [9.17, 15) is 13.2 Å². The lowest BCUT2D eigenvalue weighted by atomic mass is 9.81. The standard InChI is InChI=1S/C24H31NO5S/c1-24(2,3)30-23(26)25-15-14-20(18-10-6-5-7-11-18)19(16-25)17-29-21-12-8-9-13-22(21)31(4,27)28/h5-13,19-20H,14-17H2,1-4H3/t19-,20-/m0/s1. The minimum atomic E-state index is -3.41. The minimum absolute atomic E-state index is 0.00344. The van der Waals surface area contributed by atoms with Crippen LogP contribution in [0.25, 0.3) is 0 Å². The summed E-state index contributed by atoms with van der Waals surface area (Å²) in [5.41, 5.74) is 0.629. The Morgan fingerprint density at radius 2 is 1.71 bits per heavy atom. The maximum absolute atomic E-state index is 12.6. The van der Waals surface area contributed by atoms with Crippen LogP contribution in [0.15, 0.2) is 59.5 Å². The lowest BCUT2D eigenvalue weighted by Gasteiger charge is -2.39. The molecular formula is C24H31NO5S. The lowest BCUT2D eigenvalue weighted by Crippen LogP contribution is -2.46. The second kappa shape index (κ2) is 9.30. The Kier molecular flexibility index (Phi) is 6.94. The number of hydrogen-bond acceptors (Lipinski definition) is 5. The fourth-order valence-corrected chi connectivity index (χ4v) is 4.72. The van der Waals surface area contributed by atoms with Crippen molar-refractivity contribution in [2.45, 2.75) is 43.6 Å². The molecule has 2 atom stereocenters. The van der Waals surface area contributed by atoms with Crippen LogP contribution in [0.3, 0.4) is 0 Å². The molecule has 0 aliphatic carbocycles. The van der Waals surface area contributed by atoms with E-state index < -0.39 is 15.4 Å². The molecule has 1 saturated heterocycles. The first-order valence-electron chi connectivity index (χ1n) is 10.5. The van der Waals surface area contributed by atoms with Gasteiger partial charge in [0.05, 0.1) is 6.61 Å². The summed E-state index contributed by atoms with van der Waals surface area (Å²) in [6.07, 6.45) is 1.62. The van der Waals surface area contributed by atoms with E-state index in [1.165, 1.54) is 11.8 Å². The summed E-state index contributed by atoms with van der Waals surface area (Å²) in [6.45, 7) is 6.94. The number of sulfone groups is 1. The van der Waals surface area contributed by atoms with E-state index in [2.05, 4.69) is 12.1 Å². The van der Waals surface area contributed by atoms with Crippen LogP contribution in [0.1, 0.15) is 38.7 Å². The lowest BCUT2D eigenvalue weighted by molar-refractivity contribution is 0.0110. The van der Waals surface area contributed by atoms with Gasteiger partial charge in [-0.2, -0.15) is 0 Å². The van der Waals surface area contributed by atoms with Crippen molar-refractivity contribution in [3.63, 3.8) is 0 Å². The monoisotopic (exact) mass is 445 g/mol. The number of piperidine rings is 1. The normalized spacial score (nSPS) is 19.7. The van der Waals surface area contributed by atoms with Crippen molar-refractivity contribution in [3.05, 3.63) is 60.2 Å². The number of rotatable bonds is 5. The van der Waals surface area contributed by atoms with Gasteiger partial charge in [0.25, 0.3) is 0 Å². The molecule has 31 heavy (non-hydrogen) atoms. The first-order valence-corrected chi connectivity index (χ1v) is 12.4. The predicted octanol–water partition coefficient (Wildman–Crippen LogP) is 4.51. The quantitative estimate of drug-likeness (QED) is 0.677. The first-order chi connectivity index (χ1) is 14.5. The molecule has 0 unspecified atom stereocenters. The Morgan fingerprint density at radius 1 is 1.06 bits per heavy atom. The van der Waals surface area contributed by atoms with Crippen molar-refractivity contribution in [3.8, 4) is 5.75 Å². The van der Waals surface area contributed by atoms with Gasteiger partial charge in [0, 0.05) is 25.3 Å². The van der Waals surface area contributed by atoms with Crippen molar-refractivity contribution in [2.24, 2.45) is 5.92 Å². The molecule has 2 aromatic carbocycles. The number of likely N-dealkylation sites (tertiary alicyclic amines) is 1. The Labute approximate surface area is 185 Å². The molecule has 1 amide bonds. The van der Waals surface area contributed by atoms with Gasteiger partial charge in [0.2, 0.25) is 0 Å². The average molecular weight is 446 g/mol. The molecule has 2 aromatic rings. The van der Waals surface area contributed by atoms with Crippen molar-refractivity contribution < 1.29 is 22.7 Å². The Bertz CT molecular complexity index is 998. The Hall–Kier alpha value is -2.54. The van der Waals surface area contributed by atoms with E-state index in [4.69, 9.17) is 9.47 Å². The van der Waals surface area contributed by atoms with Gasteiger partial charge in [-0.15, -0.1) is 0 Å². The largest absolute Gasteiger partial charge is 0.492 e. The van der Waals surface area contributed by atoms with Crippen molar-refractivity contribution in [2.75, 3.05) is 26.0 Å². The number of amides is 1. The summed E-state index contributed by atoms with van der Waals surface area (Å²) in [4.78, 5) is 14.5. The number of hydrogen-bond donors (Lipinski definition) is 0. The van der Waals surface area contributed by atoms with Crippen LogP contribution in [0.2, 0.25) is 0 Å². The molecule has 1 aliphatic heterocycles. The van der Waals surface area contributed by atoms with Gasteiger partial charge in [-0.3, -0.25) is 0 Å². The third-order valence-corrected chi connectivity index (χ3v) is 6.45. The maximum Gasteiger partial charge on any atom is 0.410 e. The third-order valence-electron chi connectivity index (χ3n) is 5.31. The SMILES string of the molecule is CC(C)(C)OC(=O)N1CC[C@@H](c2ccccc2)[C@H](COc2ccccc2S(C)(=O)=O)C1. The van der Waals surface area contributed by atoms with E-state index in [0.29, 0.717) is 25.4 Å². The smallest absolute Gasteiger partial charge is 0.410 e. The number of para-hydroxylation sites is 1. The van der Waals surface area contributed by atoms with E-state index in [-0.39, 0.29) is 22.8 Å². The summed E-state index contributed by atoms with van der Waals surface area (Å²) < 4.78 is 35.8. The van der Waals surface area contributed by atoms with Crippen molar-refractivity contribution >= 4 is 15.9 Å². The van der Waals surface area contributed by atoms with E-state index in [1.807, 2.05) is 39.0 Å². The summed E-state index contributed by atoms with van der Waals surface area (Å²) in [6, 6.07) is 16.8. The van der Waals surface area contributed by atoms with Gasteiger partial charge in [0.15, 0.2) is 9.84 Å². The highest BCUT2D eigenvalue weighted by Gasteiger charge is 2.35. The highest BCUT2D eigenvalue weighted by molar-refractivity contribution is 7.90. The van der Waals surface area contributed by atoms with Gasteiger partial charge in [-0.25, -0.2) is 13.2 Å². The number of ether oxygens (including phenoxy) is 2. The molecule has 7 heteroatoms. The van der Waals surface area contributed by atoms with E-state index >= 15 is 0 Å². The minimum Gasteiger partial charge on any atom is -0.492 e. The second-order valence-corrected chi connectivity index (χ2v) is 11.0. The summed E-state index contributed by atoms with van der Waals surface area (Å²) in [5, 5.41) is 0. The predicted molar refractivity (Wildman–Crippen MR) is 120 cm³/mol. The molecule has 6 nitrogen and oxygen atoms in total. The molecule has 0 bridgehead atoms. The number of carbonyl (C=O) groups is 1. The van der Waals surface area contributed by atoms with Crippen LogP contribution in [-0.4, -0.2) is 51.0 Å². The Morgan fingerprint density at radius 3 is 2.35 bits per heavy atom. The fraction of sp³-hybridized carbons (Fsp3) is 0.458. The Balaban J connectivity index is 1.81. The second-order valence-electron chi connectivity index (χ2n) is 9.02. The maximum atomic E-state index is 12.6. The fourth-order valence-electron chi connectivity index (χ4n) is 3.91. The van der Waals surface area contributed by atoms with Gasteiger partial charge < -0.3 is 14.4 Å². The molecular weight excluding hydrogens is 414 g/mol. The molecule has 1 aliphatic rings.